The highest BCUT2D eigenvalue weighted by Crippen LogP contribution is 2.36. The Morgan fingerprint density at radius 1 is 1.27 bits per heavy atom. The quantitative estimate of drug-likeness (QED) is 0.688. The lowest BCUT2D eigenvalue weighted by atomic mass is 9.73. The smallest absolute Gasteiger partial charge is 0.0659 e. The molecular formula is C13H27NO. The van der Waals surface area contributed by atoms with E-state index in [0.717, 1.165) is 25.4 Å². The number of aliphatic hydroxyl groups is 1. The van der Waals surface area contributed by atoms with Crippen LogP contribution in [0.2, 0.25) is 0 Å². The van der Waals surface area contributed by atoms with Crippen LogP contribution in [0.15, 0.2) is 0 Å². The Morgan fingerprint density at radius 2 is 1.87 bits per heavy atom. The predicted octanol–water partition coefficient (Wildman–Crippen LogP) is 2.56. The van der Waals surface area contributed by atoms with E-state index in [0.29, 0.717) is 5.92 Å². The van der Waals surface area contributed by atoms with Gasteiger partial charge in [0.2, 0.25) is 0 Å². The molecule has 0 aliphatic heterocycles. The summed E-state index contributed by atoms with van der Waals surface area (Å²) in [5.74, 6) is 1.39. The van der Waals surface area contributed by atoms with E-state index >= 15 is 0 Å². The molecule has 0 aromatic rings. The van der Waals surface area contributed by atoms with Gasteiger partial charge in [-0.25, -0.2) is 0 Å². The third kappa shape index (κ3) is 4.12. The summed E-state index contributed by atoms with van der Waals surface area (Å²) >= 11 is 0. The topological polar surface area (TPSA) is 32.3 Å². The molecule has 0 spiro atoms. The fourth-order valence-electron chi connectivity index (χ4n) is 2.60. The van der Waals surface area contributed by atoms with Crippen molar-refractivity contribution in [2.45, 2.75) is 58.5 Å². The molecule has 90 valence electrons. The van der Waals surface area contributed by atoms with Crippen molar-refractivity contribution in [2.75, 3.05) is 13.1 Å². The van der Waals surface area contributed by atoms with Crippen molar-refractivity contribution in [3.05, 3.63) is 0 Å². The van der Waals surface area contributed by atoms with Gasteiger partial charge in [0.25, 0.3) is 0 Å². The van der Waals surface area contributed by atoms with E-state index in [9.17, 15) is 5.11 Å². The maximum absolute atomic E-state index is 10.4. The summed E-state index contributed by atoms with van der Waals surface area (Å²) in [5.41, 5.74) is -0.456. The van der Waals surface area contributed by atoms with Crippen molar-refractivity contribution in [1.82, 2.24) is 5.32 Å². The lowest BCUT2D eigenvalue weighted by Crippen LogP contribution is -2.39. The second-order valence-corrected chi connectivity index (χ2v) is 5.42. The van der Waals surface area contributed by atoms with Gasteiger partial charge in [-0.3, -0.25) is 0 Å². The molecule has 2 N–H and O–H groups in total. The minimum absolute atomic E-state index is 0.456. The average Bonchev–Trinajstić information content (AvgIpc) is 2.18. The molecule has 0 amide bonds. The van der Waals surface area contributed by atoms with Crippen molar-refractivity contribution in [3.8, 4) is 0 Å². The third-order valence-corrected chi connectivity index (χ3v) is 3.95. The van der Waals surface area contributed by atoms with Gasteiger partial charge in [0.15, 0.2) is 0 Å². The minimum Gasteiger partial charge on any atom is -0.390 e. The standard InChI is InChI=1S/C13H27NO/c1-4-14-10-9-13(3,15)12-7-5-11(2)6-8-12/h11-12,14-15H,4-10H2,1-3H3. The van der Waals surface area contributed by atoms with E-state index in [2.05, 4.69) is 19.2 Å². The zero-order valence-corrected chi connectivity index (χ0v) is 10.6. The number of nitrogens with one attached hydrogen (secondary N) is 1. The molecule has 15 heavy (non-hydrogen) atoms. The average molecular weight is 213 g/mol. The lowest BCUT2D eigenvalue weighted by molar-refractivity contribution is -0.0275. The zero-order valence-electron chi connectivity index (χ0n) is 10.6. The van der Waals surface area contributed by atoms with Crippen LogP contribution in [0.3, 0.4) is 0 Å². The number of hydrogen-bond acceptors (Lipinski definition) is 2. The molecule has 1 saturated carbocycles. The van der Waals surface area contributed by atoms with Crippen molar-refractivity contribution < 1.29 is 5.11 Å². The van der Waals surface area contributed by atoms with Crippen molar-refractivity contribution in [1.29, 1.82) is 0 Å². The van der Waals surface area contributed by atoms with Crippen LogP contribution in [0.1, 0.15) is 52.9 Å². The normalized spacial score (nSPS) is 31.2. The molecule has 1 atom stereocenters. The third-order valence-electron chi connectivity index (χ3n) is 3.95. The molecule has 0 heterocycles. The Labute approximate surface area is 94.5 Å². The van der Waals surface area contributed by atoms with Crippen LogP contribution in [-0.4, -0.2) is 23.8 Å². The molecule has 0 bridgehead atoms. The summed E-state index contributed by atoms with van der Waals surface area (Å²) < 4.78 is 0. The van der Waals surface area contributed by atoms with E-state index in [1.54, 1.807) is 0 Å². The maximum atomic E-state index is 10.4. The van der Waals surface area contributed by atoms with Crippen molar-refractivity contribution >= 4 is 0 Å². The van der Waals surface area contributed by atoms with Crippen LogP contribution < -0.4 is 5.32 Å². The van der Waals surface area contributed by atoms with E-state index in [-0.39, 0.29) is 0 Å². The van der Waals surface area contributed by atoms with Gasteiger partial charge in [-0.1, -0.05) is 26.7 Å². The Kier molecular flexibility index (Phi) is 5.07. The first-order chi connectivity index (χ1) is 7.06. The van der Waals surface area contributed by atoms with E-state index < -0.39 is 5.60 Å². The van der Waals surface area contributed by atoms with Crippen LogP contribution in [-0.2, 0) is 0 Å². The molecule has 1 aliphatic carbocycles. The monoisotopic (exact) mass is 213 g/mol. The first kappa shape index (κ1) is 13.0. The molecule has 1 aliphatic rings. The van der Waals surface area contributed by atoms with E-state index in [1.807, 2.05) is 6.92 Å². The molecule has 1 unspecified atom stereocenters. The SMILES string of the molecule is CCNCCC(C)(O)C1CCC(C)CC1. The van der Waals surface area contributed by atoms with Crippen LogP contribution in [0, 0.1) is 11.8 Å². The summed E-state index contributed by atoms with van der Waals surface area (Å²) in [4.78, 5) is 0. The van der Waals surface area contributed by atoms with Crippen LogP contribution in [0.4, 0.5) is 0 Å². The van der Waals surface area contributed by atoms with Gasteiger partial charge < -0.3 is 10.4 Å². The van der Waals surface area contributed by atoms with Crippen LogP contribution in [0.5, 0.6) is 0 Å². The van der Waals surface area contributed by atoms with Gasteiger partial charge in [0.05, 0.1) is 5.60 Å². The van der Waals surface area contributed by atoms with Gasteiger partial charge in [-0.05, 0) is 51.1 Å². The summed E-state index contributed by atoms with van der Waals surface area (Å²) in [6.07, 6.45) is 5.89. The molecule has 0 aromatic carbocycles. The predicted molar refractivity (Wildman–Crippen MR) is 64.9 cm³/mol. The maximum Gasteiger partial charge on any atom is 0.0659 e. The first-order valence-electron chi connectivity index (χ1n) is 6.49. The van der Waals surface area contributed by atoms with Gasteiger partial charge in [0, 0.05) is 0 Å². The highest BCUT2D eigenvalue weighted by Gasteiger charge is 2.33. The Hall–Kier alpha value is -0.0800. The highest BCUT2D eigenvalue weighted by atomic mass is 16.3. The molecule has 0 radical (unpaired) electrons. The lowest BCUT2D eigenvalue weighted by Gasteiger charge is -2.37. The fraction of sp³-hybridized carbons (Fsp3) is 1.00. The molecule has 0 saturated heterocycles. The molecule has 0 aromatic heterocycles. The second kappa shape index (κ2) is 5.86. The molecule has 2 nitrogen and oxygen atoms in total. The number of rotatable bonds is 5. The van der Waals surface area contributed by atoms with Crippen LogP contribution in [0.25, 0.3) is 0 Å². The zero-order chi connectivity index (χ0) is 11.3. The van der Waals surface area contributed by atoms with Gasteiger partial charge in [-0.15, -0.1) is 0 Å². The summed E-state index contributed by atoms with van der Waals surface area (Å²) in [6.45, 7) is 8.39. The summed E-state index contributed by atoms with van der Waals surface area (Å²) in [6, 6.07) is 0. The fourth-order valence-corrected chi connectivity index (χ4v) is 2.60. The second-order valence-electron chi connectivity index (χ2n) is 5.42. The largest absolute Gasteiger partial charge is 0.390 e. The minimum atomic E-state index is -0.456. The Morgan fingerprint density at radius 3 is 2.40 bits per heavy atom. The highest BCUT2D eigenvalue weighted by molar-refractivity contribution is 4.85. The Balaban J connectivity index is 2.32. The summed E-state index contributed by atoms with van der Waals surface area (Å²) in [5, 5.41) is 13.7. The summed E-state index contributed by atoms with van der Waals surface area (Å²) in [7, 11) is 0. The molecular weight excluding hydrogens is 186 g/mol. The number of hydrogen-bond donors (Lipinski definition) is 2. The van der Waals surface area contributed by atoms with E-state index in [1.165, 1.54) is 25.7 Å². The first-order valence-corrected chi connectivity index (χ1v) is 6.49. The molecule has 1 fully saturated rings. The Bertz CT molecular complexity index is 171. The van der Waals surface area contributed by atoms with E-state index in [4.69, 9.17) is 0 Å². The van der Waals surface area contributed by atoms with Crippen molar-refractivity contribution in [3.63, 3.8) is 0 Å². The molecule has 1 rings (SSSR count). The van der Waals surface area contributed by atoms with Gasteiger partial charge in [-0.2, -0.15) is 0 Å². The molecule has 2 heteroatoms. The van der Waals surface area contributed by atoms with Gasteiger partial charge >= 0.3 is 0 Å². The van der Waals surface area contributed by atoms with Gasteiger partial charge in [0.1, 0.15) is 0 Å². The van der Waals surface area contributed by atoms with Crippen LogP contribution >= 0.6 is 0 Å². The van der Waals surface area contributed by atoms with Crippen molar-refractivity contribution in [2.24, 2.45) is 11.8 Å².